The summed E-state index contributed by atoms with van der Waals surface area (Å²) in [4.78, 5) is 33.9. The molecule has 1 aliphatic rings. The van der Waals surface area contributed by atoms with Crippen LogP contribution in [-0.4, -0.2) is 50.3 Å². The highest BCUT2D eigenvalue weighted by molar-refractivity contribution is 7.89. The second kappa shape index (κ2) is 8.28. The van der Waals surface area contributed by atoms with Crippen molar-refractivity contribution in [2.75, 3.05) is 19.7 Å². The first-order valence-electron chi connectivity index (χ1n) is 8.09. The number of aryl methyl sites for hydroxylation is 1. The second-order valence-electron chi connectivity index (χ2n) is 5.93. The molecule has 142 valence electrons. The molecule has 0 aliphatic carbocycles. The van der Waals surface area contributed by atoms with Gasteiger partial charge in [0.05, 0.1) is 10.5 Å². The lowest BCUT2D eigenvalue weighted by molar-refractivity contribution is -0.123. The van der Waals surface area contributed by atoms with Crippen molar-refractivity contribution >= 4 is 27.9 Å². The number of sulfonamides is 1. The summed E-state index contributed by atoms with van der Waals surface area (Å²) >= 11 is 0. The van der Waals surface area contributed by atoms with Gasteiger partial charge in [-0.25, -0.2) is 18.0 Å². The van der Waals surface area contributed by atoms with Gasteiger partial charge in [-0.15, -0.1) is 0 Å². The molecular formula is C16H21N3O6S. The van der Waals surface area contributed by atoms with E-state index in [9.17, 15) is 22.8 Å². The van der Waals surface area contributed by atoms with E-state index in [1.165, 1.54) is 22.5 Å². The average molecular weight is 383 g/mol. The van der Waals surface area contributed by atoms with Gasteiger partial charge < -0.3 is 10.5 Å². The Morgan fingerprint density at radius 2 is 1.85 bits per heavy atom. The summed E-state index contributed by atoms with van der Waals surface area (Å²) in [5, 5.41) is 1.76. The summed E-state index contributed by atoms with van der Waals surface area (Å²) in [6.07, 6.45) is 2.59. The molecule has 1 aromatic rings. The van der Waals surface area contributed by atoms with Crippen molar-refractivity contribution in [1.29, 1.82) is 0 Å². The van der Waals surface area contributed by atoms with E-state index in [0.29, 0.717) is 18.7 Å². The SMILES string of the molecule is Cc1ccc(C(=O)OCC(=O)NC(N)=O)cc1S(=O)(=O)N1CCCCC1. The minimum Gasteiger partial charge on any atom is -0.452 e. The van der Waals surface area contributed by atoms with Gasteiger partial charge in [-0.1, -0.05) is 12.5 Å². The number of rotatable bonds is 5. The molecule has 3 N–H and O–H groups in total. The Kier molecular flexibility index (Phi) is 6.32. The number of piperidine rings is 1. The highest BCUT2D eigenvalue weighted by Gasteiger charge is 2.28. The van der Waals surface area contributed by atoms with Crippen LogP contribution in [-0.2, 0) is 19.6 Å². The van der Waals surface area contributed by atoms with Gasteiger partial charge in [-0.2, -0.15) is 4.31 Å². The third kappa shape index (κ3) is 4.79. The van der Waals surface area contributed by atoms with Crippen LogP contribution in [0.5, 0.6) is 0 Å². The molecule has 2 rings (SSSR count). The number of hydrogen-bond donors (Lipinski definition) is 2. The van der Waals surface area contributed by atoms with Gasteiger partial charge in [-0.3, -0.25) is 10.1 Å². The molecule has 0 aromatic heterocycles. The Hall–Kier alpha value is -2.46. The molecule has 9 nitrogen and oxygen atoms in total. The molecule has 1 aliphatic heterocycles. The van der Waals surface area contributed by atoms with E-state index in [0.717, 1.165) is 19.3 Å². The number of hydrogen-bond acceptors (Lipinski definition) is 6. The van der Waals surface area contributed by atoms with E-state index in [4.69, 9.17) is 10.5 Å². The minimum atomic E-state index is -3.71. The predicted molar refractivity (Wildman–Crippen MR) is 91.8 cm³/mol. The molecule has 1 saturated heterocycles. The van der Waals surface area contributed by atoms with Crippen molar-refractivity contribution in [3.8, 4) is 0 Å². The van der Waals surface area contributed by atoms with Crippen LogP contribution in [0.1, 0.15) is 35.2 Å². The van der Waals surface area contributed by atoms with E-state index in [2.05, 4.69) is 0 Å². The van der Waals surface area contributed by atoms with Gasteiger partial charge in [0.15, 0.2) is 6.61 Å². The summed E-state index contributed by atoms with van der Waals surface area (Å²) in [5.74, 6) is -1.75. The Morgan fingerprint density at radius 3 is 2.46 bits per heavy atom. The Labute approximate surface area is 151 Å². The Morgan fingerprint density at radius 1 is 1.19 bits per heavy atom. The van der Waals surface area contributed by atoms with Crippen LogP contribution < -0.4 is 11.1 Å². The van der Waals surface area contributed by atoms with Gasteiger partial charge in [0, 0.05) is 13.1 Å². The first kappa shape index (κ1) is 19.9. The fourth-order valence-electron chi connectivity index (χ4n) is 2.64. The zero-order valence-corrected chi connectivity index (χ0v) is 15.2. The van der Waals surface area contributed by atoms with Gasteiger partial charge >= 0.3 is 12.0 Å². The number of imide groups is 1. The maximum atomic E-state index is 12.8. The lowest BCUT2D eigenvalue weighted by Gasteiger charge is -2.26. The monoisotopic (exact) mass is 383 g/mol. The van der Waals surface area contributed by atoms with Crippen molar-refractivity contribution < 1.29 is 27.5 Å². The van der Waals surface area contributed by atoms with Crippen LogP contribution in [0.2, 0.25) is 0 Å². The van der Waals surface area contributed by atoms with Crippen LogP contribution in [0.3, 0.4) is 0 Å². The number of urea groups is 1. The van der Waals surface area contributed by atoms with Crippen LogP contribution in [0.4, 0.5) is 4.79 Å². The van der Waals surface area contributed by atoms with E-state index >= 15 is 0 Å². The number of esters is 1. The third-order valence-electron chi connectivity index (χ3n) is 3.95. The number of carbonyl (C=O) groups is 3. The van der Waals surface area contributed by atoms with Crippen LogP contribution in [0.25, 0.3) is 0 Å². The molecule has 0 spiro atoms. The molecule has 0 unspecified atom stereocenters. The number of amides is 3. The molecule has 26 heavy (non-hydrogen) atoms. The van der Waals surface area contributed by atoms with E-state index in [-0.39, 0.29) is 10.5 Å². The maximum absolute atomic E-state index is 12.8. The fraction of sp³-hybridized carbons (Fsp3) is 0.438. The molecule has 1 fully saturated rings. The fourth-order valence-corrected chi connectivity index (χ4v) is 4.41. The Bertz CT molecular complexity index is 815. The van der Waals surface area contributed by atoms with Gasteiger partial charge in [0.25, 0.3) is 5.91 Å². The molecule has 10 heteroatoms. The summed E-state index contributed by atoms with van der Waals surface area (Å²) in [6.45, 7) is 1.84. The molecule has 0 atom stereocenters. The number of carbonyl (C=O) groups excluding carboxylic acids is 3. The first-order chi connectivity index (χ1) is 12.2. The highest BCUT2D eigenvalue weighted by Crippen LogP contribution is 2.24. The number of primary amides is 1. The van der Waals surface area contributed by atoms with Crippen molar-refractivity contribution in [3.05, 3.63) is 29.3 Å². The van der Waals surface area contributed by atoms with E-state index < -0.39 is 34.5 Å². The topological polar surface area (TPSA) is 136 Å². The molecule has 0 radical (unpaired) electrons. The molecule has 0 saturated carbocycles. The largest absolute Gasteiger partial charge is 0.452 e. The number of ether oxygens (including phenoxy) is 1. The number of nitrogens with zero attached hydrogens (tertiary/aromatic N) is 1. The average Bonchev–Trinajstić information content (AvgIpc) is 2.60. The summed E-state index contributed by atoms with van der Waals surface area (Å²) in [6, 6.07) is 3.11. The third-order valence-corrected chi connectivity index (χ3v) is 5.99. The zero-order valence-electron chi connectivity index (χ0n) is 14.4. The standard InChI is InChI=1S/C16H21N3O6S/c1-11-5-6-12(15(21)25-10-14(20)18-16(17)22)9-13(11)26(23,24)19-7-3-2-4-8-19/h5-6,9H,2-4,7-8,10H2,1H3,(H3,17,18,20,22). The zero-order chi connectivity index (χ0) is 19.3. The van der Waals surface area contributed by atoms with Crippen molar-refractivity contribution in [2.24, 2.45) is 5.73 Å². The second-order valence-corrected chi connectivity index (χ2v) is 7.84. The van der Waals surface area contributed by atoms with Crippen LogP contribution in [0, 0.1) is 6.92 Å². The summed E-state index contributed by atoms with van der Waals surface area (Å²) in [5.41, 5.74) is 5.29. The van der Waals surface area contributed by atoms with Crippen molar-refractivity contribution in [2.45, 2.75) is 31.1 Å². The molecule has 1 heterocycles. The van der Waals surface area contributed by atoms with Gasteiger partial charge in [0.1, 0.15) is 0 Å². The normalized spacial score (nSPS) is 15.3. The van der Waals surface area contributed by atoms with E-state index in [1.807, 2.05) is 0 Å². The lowest BCUT2D eigenvalue weighted by atomic mass is 10.1. The Balaban J connectivity index is 2.17. The molecule has 1 aromatic carbocycles. The smallest absolute Gasteiger partial charge is 0.338 e. The molecule has 3 amide bonds. The number of benzene rings is 1. The van der Waals surface area contributed by atoms with Crippen LogP contribution in [0.15, 0.2) is 23.1 Å². The summed E-state index contributed by atoms with van der Waals surface area (Å²) < 4.78 is 31.8. The maximum Gasteiger partial charge on any atom is 0.338 e. The number of nitrogens with two attached hydrogens (primary N) is 1. The van der Waals surface area contributed by atoms with Gasteiger partial charge in [-0.05, 0) is 37.5 Å². The van der Waals surface area contributed by atoms with Crippen molar-refractivity contribution in [3.63, 3.8) is 0 Å². The van der Waals surface area contributed by atoms with Crippen molar-refractivity contribution in [1.82, 2.24) is 9.62 Å². The minimum absolute atomic E-state index is 0.00180. The van der Waals surface area contributed by atoms with E-state index in [1.54, 1.807) is 12.2 Å². The highest BCUT2D eigenvalue weighted by atomic mass is 32.2. The number of nitrogens with one attached hydrogen (secondary N) is 1. The molecular weight excluding hydrogens is 362 g/mol. The predicted octanol–water partition coefficient (Wildman–Crippen LogP) is 0.521. The quantitative estimate of drug-likeness (QED) is 0.712. The first-order valence-corrected chi connectivity index (χ1v) is 9.53. The summed E-state index contributed by atoms with van der Waals surface area (Å²) in [7, 11) is -3.71. The van der Waals surface area contributed by atoms with Gasteiger partial charge in [0.2, 0.25) is 10.0 Å². The lowest BCUT2D eigenvalue weighted by Crippen LogP contribution is -2.37. The van der Waals surface area contributed by atoms with Crippen LogP contribution >= 0.6 is 0 Å². The molecule has 0 bridgehead atoms.